The van der Waals surface area contributed by atoms with E-state index < -0.39 is 77.9 Å². The summed E-state index contributed by atoms with van der Waals surface area (Å²) in [5, 5.41) is 20.9. The highest BCUT2D eigenvalue weighted by atomic mass is 16.6. The lowest BCUT2D eigenvalue weighted by atomic mass is 9.79. The number of hydrogen-bond donors (Lipinski definition) is 3. The van der Waals surface area contributed by atoms with Gasteiger partial charge in [-0.2, -0.15) is 0 Å². The van der Waals surface area contributed by atoms with Crippen molar-refractivity contribution in [2.75, 3.05) is 0 Å². The molecule has 0 aromatic carbocycles. The lowest BCUT2D eigenvalue weighted by Crippen LogP contribution is -3.14. The Bertz CT molecular complexity index is 1380. The maximum Gasteiger partial charge on any atom is 0.313 e. The van der Waals surface area contributed by atoms with Crippen molar-refractivity contribution >= 4 is 23.8 Å². The highest BCUT2D eigenvalue weighted by molar-refractivity contribution is 5.88. The predicted octanol–water partition coefficient (Wildman–Crippen LogP) is 8.64. The second-order valence-corrected chi connectivity index (χ2v) is 26.0. The molecule has 0 radical (unpaired) electrons. The molecule has 2 fully saturated rings. The number of piperidine rings is 2. The van der Waals surface area contributed by atoms with Crippen molar-refractivity contribution in [3.63, 3.8) is 0 Å². The van der Waals surface area contributed by atoms with Gasteiger partial charge < -0.3 is 35.1 Å². The summed E-state index contributed by atoms with van der Waals surface area (Å²) in [6.07, 6.45) is 1.56. The summed E-state index contributed by atoms with van der Waals surface area (Å²) < 4.78 is 18.8. The highest BCUT2D eigenvalue weighted by Crippen LogP contribution is 2.37. The van der Waals surface area contributed by atoms with Gasteiger partial charge in [0.25, 0.3) is 0 Å². The van der Waals surface area contributed by atoms with Crippen LogP contribution >= 0.6 is 0 Å². The summed E-state index contributed by atoms with van der Waals surface area (Å²) in [7, 11) is 0. The van der Waals surface area contributed by atoms with E-state index in [0.29, 0.717) is 51.4 Å². The molecule has 2 aliphatic heterocycles. The minimum absolute atomic E-state index is 0.205. The second-order valence-electron chi connectivity index (χ2n) is 26.0. The summed E-state index contributed by atoms with van der Waals surface area (Å²) in [5.41, 5.74) is -2.27. The van der Waals surface area contributed by atoms with Gasteiger partial charge in [-0.25, -0.2) is 4.79 Å². The average Bonchev–Trinajstić information content (AvgIpc) is 2.91. The van der Waals surface area contributed by atoms with E-state index in [2.05, 4.69) is 79.9 Å². The van der Waals surface area contributed by atoms with E-state index in [4.69, 9.17) is 14.2 Å². The van der Waals surface area contributed by atoms with Gasteiger partial charge in [-0.3, -0.25) is 14.4 Å². The molecule has 1 amide bonds. The minimum Gasteiger partial charge on any atom is -0.627 e. The largest absolute Gasteiger partial charge is 0.627 e. The number of quaternary nitrogens is 1. The van der Waals surface area contributed by atoms with Gasteiger partial charge >= 0.3 is 23.8 Å². The Kier molecular flexibility index (Phi) is 17.2. The van der Waals surface area contributed by atoms with E-state index >= 15 is 0 Å². The van der Waals surface area contributed by atoms with Crippen molar-refractivity contribution in [2.45, 2.75) is 249 Å². The van der Waals surface area contributed by atoms with Crippen molar-refractivity contribution in [2.24, 2.45) is 33.5 Å². The zero-order chi connectivity index (χ0) is 46.0. The monoisotopic (exact) mass is 836 g/mol. The molecule has 2 saturated heterocycles. The van der Waals surface area contributed by atoms with Gasteiger partial charge in [0, 0.05) is 60.7 Å². The zero-order valence-corrected chi connectivity index (χ0v) is 41.3. The number of rotatable bonds is 15. The van der Waals surface area contributed by atoms with Gasteiger partial charge in [0.1, 0.15) is 18.3 Å². The summed E-state index contributed by atoms with van der Waals surface area (Å²) in [6.45, 7) is 41.1. The van der Waals surface area contributed by atoms with E-state index in [1.54, 1.807) is 0 Å². The molecule has 2 rings (SSSR count). The molecule has 0 aromatic rings. The first kappa shape index (κ1) is 53.1. The Labute approximate surface area is 359 Å². The fraction of sp³-hybridized carbons (Fsp3) is 0.917. The van der Waals surface area contributed by atoms with Crippen molar-refractivity contribution in [3.05, 3.63) is 5.21 Å². The normalized spacial score (nSPS) is 21.7. The standard InChI is InChI=1S/C48H89N3O8/c1-41(2,3)23-31(24-42(4,5)6)51(56)37(52)21-35(39(54)59-34-29-47(17,18)50-48(19,20)30-34)36(40(55)58-32(25-43(7,8)9)26-44(10,11)12)22-38(53)57-33-27-45(13,14)49-46(15,16)28-33/h31-36,49-51H,21-30H2,1-20H3. The third-order valence-corrected chi connectivity index (χ3v) is 11.1. The molecule has 3 N–H and O–H groups in total. The molecule has 59 heavy (non-hydrogen) atoms. The van der Waals surface area contributed by atoms with Crippen molar-refractivity contribution in [1.29, 1.82) is 0 Å². The van der Waals surface area contributed by atoms with Crippen molar-refractivity contribution in [3.8, 4) is 0 Å². The van der Waals surface area contributed by atoms with Gasteiger partial charge in [-0.1, -0.05) is 83.1 Å². The Morgan fingerprint density at radius 1 is 0.559 bits per heavy atom. The number of esters is 3. The summed E-state index contributed by atoms with van der Waals surface area (Å²) in [6, 6.07) is -0.588. The first-order valence-corrected chi connectivity index (χ1v) is 22.4. The summed E-state index contributed by atoms with van der Waals surface area (Å²) >= 11 is 0. The van der Waals surface area contributed by atoms with Crippen LogP contribution in [0, 0.1) is 38.7 Å². The highest BCUT2D eigenvalue weighted by Gasteiger charge is 2.47. The molecule has 2 aliphatic rings. The SMILES string of the molecule is CC(C)(C)CC(CC(C)(C)C)OC(=O)C(CC(=O)OC1CC(C)(C)NC(C)(C)C1)C(CC(=O)[NH+]([O-])C(CC(C)(C)C)CC(C)(C)C)C(=O)OC1CC(C)(C)NC(C)(C)C1. The van der Waals surface area contributed by atoms with Crippen molar-refractivity contribution in [1.82, 2.24) is 10.6 Å². The lowest BCUT2D eigenvalue weighted by Gasteiger charge is -2.46. The Morgan fingerprint density at radius 2 is 0.898 bits per heavy atom. The van der Waals surface area contributed by atoms with Crippen molar-refractivity contribution < 1.29 is 38.5 Å². The molecule has 0 aliphatic carbocycles. The molecule has 0 aromatic heterocycles. The van der Waals surface area contributed by atoms with Gasteiger partial charge in [0.05, 0.1) is 30.7 Å². The smallest absolute Gasteiger partial charge is 0.313 e. The fourth-order valence-corrected chi connectivity index (χ4v) is 10.1. The maximum atomic E-state index is 14.8. The Morgan fingerprint density at radius 3 is 1.25 bits per heavy atom. The van der Waals surface area contributed by atoms with E-state index in [1.165, 1.54) is 0 Å². The maximum absolute atomic E-state index is 14.8. The van der Waals surface area contributed by atoms with E-state index in [1.807, 2.05) is 69.2 Å². The van der Waals surface area contributed by atoms with Gasteiger partial charge in [0.2, 0.25) is 0 Å². The van der Waals surface area contributed by atoms with Crippen LogP contribution in [0.25, 0.3) is 0 Å². The fourth-order valence-electron chi connectivity index (χ4n) is 10.1. The van der Waals surface area contributed by atoms with Crippen LogP contribution in [0.3, 0.4) is 0 Å². The average molecular weight is 836 g/mol. The number of hydrogen-bond acceptors (Lipinski definition) is 10. The Balaban J connectivity index is 2.72. The number of hydroxylamine groups is 2. The van der Waals surface area contributed by atoms with E-state index in [-0.39, 0.29) is 43.8 Å². The van der Waals surface area contributed by atoms with Gasteiger partial charge in [0.15, 0.2) is 0 Å². The zero-order valence-electron chi connectivity index (χ0n) is 41.3. The molecule has 11 nitrogen and oxygen atoms in total. The molecular weight excluding hydrogens is 747 g/mol. The number of carbonyl (C=O) groups excluding carboxylic acids is 4. The molecule has 2 heterocycles. The molecule has 0 spiro atoms. The van der Waals surface area contributed by atoms with Crippen LogP contribution in [0.4, 0.5) is 0 Å². The van der Waals surface area contributed by atoms with Crippen LogP contribution in [-0.4, -0.2) is 70.3 Å². The molecule has 3 unspecified atom stereocenters. The van der Waals surface area contributed by atoms with E-state index in [0.717, 1.165) is 0 Å². The van der Waals surface area contributed by atoms with Gasteiger partial charge in [-0.15, -0.1) is 0 Å². The number of amides is 1. The quantitative estimate of drug-likeness (QED) is 0.0832. The summed E-state index contributed by atoms with van der Waals surface area (Å²) in [4.78, 5) is 58.1. The lowest BCUT2D eigenvalue weighted by molar-refractivity contribution is -0.799. The number of ether oxygens (including phenoxy) is 3. The molecular formula is C48H89N3O8. The molecule has 11 heteroatoms. The predicted molar refractivity (Wildman–Crippen MR) is 236 cm³/mol. The van der Waals surface area contributed by atoms with Gasteiger partial charge in [-0.05, 0) is 89.9 Å². The topological polar surface area (TPSA) is 148 Å². The van der Waals surface area contributed by atoms with Crippen LogP contribution < -0.4 is 15.7 Å². The number of nitrogens with one attached hydrogen (secondary N) is 3. The number of carbonyl (C=O) groups is 4. The van der Waals surface area contributed by atoms with E-state index in [9.17, 15) is 24.4 Å². The van der Waals surface area contributed by atoms with Crippen LogP contribution in [0.2, 0.25) is 0 Å². The molecule has 0 saturated carbocycles. The summed E-state index contributed by atoms with van der Waals surface area (Å²) in [5.74, 6) is -5.83. The molecule has 344 valence electrons. The van der Waals surface area contributed by atoms with Crippen LogP contribution in [0.15, 0.2) is 0 Å². The second kappa shape index (κ2) is 19.1. The third kappa shape index (κ3) is 20.1. The van der Waals surface area contributed by atoms with Crippen LogP contribution in [0.5, 0.6) is 0 Å². The van der Waals surface area contributed by atoms with Crippen LogP contribution in [0.1, 0.15) is 203 Å². The molecule has 0 bridgehead atoms. The Hall–Kier alpha value is -2.08. The third-order valence-electron chi connectivity index (χ3n) is 11.1. The minimum atomic E-state index is -1.46. The molecule has 3 atom stereocenters. The van der Waals surface area contributed by atoms with Crippen LogP contribution in [-0.2, 0) is 33.4 Å². The first-order valence-electron chi connectivity index (χ1n) is 22.4. The first-order chi connectivity index (χ1) is 26.1.